The Kier molecular flexibility index (Phi) is 7.02. The van der Waals surface area contributed by atoms with Crippen LogP contribution in [0.5, 0.6) is 11.5 Å². The summed E-state index contributed by atoms with van der Waals surface area (Å²) in [4.78, 5) is 23.8. The number of nitrogens with one attached hydrogen (secondary N) is 2. The van der Waals surface area contributed by atoms with E-state index in [0.717, 1.165) is 22.6 Å². The number of amides is 2. The van der Waals surface area contributed by atoms with Gasteiger partial charge in [-0.3, -0.25) is 9.59 Å². The van der Waals surface area contributed by atoms with Crippen LogP contribution in [0.25, 0.3) is 0 Å². The molecule has 2 rings (SSSR count). The third kappa shape index (κ3) is 5.81. The van der Waals surface area contributed by atoms with Gasteiger partial charge < -0.3 is 20.1 Å². The quantitative estimate of drug-likeness (QED) is 0.563. The minimum absolute atomic E-state index is 0.226. The molecule has 0 atom stereocenters. The maximum atomic E-state index is 12.0. The smallest absolute Gasteiger partial charge is 0.233 e. The van der Waals surface area contributed by atoms with Crippen LogP contribution in [0.2, 0.25) is 0 Å². The molecule has 0 radical (unpaired) electrons. The molecule has 0 bridgehead atoms. The summed E-state index contributed by atoms with van der Waals surface area (Å²) >= 11 is 0. The van der Waals surface area contributed by atoms with Crippen LogP contribution in [-0.4, -0.2) is 32.1 Å². The van der Waals surface area contributed by atoms with Gasteiger partial charge in [0.25, 0.3) is 0 Å². The zero-order valence-corrected chi connectivity index (χ0v) is 15.3. The van der Waals surface area contributed by atoms with Gasteiger partial charge in [-0.15, -0.1) is 0 Å². The van der Waals surface area contributed by atoms with Crippen LogP contribution in [0.3, 0.4) is 0 Å². The number of methoxy groups -OCH3 is 1. The van der Waals surface area contributed by atoms with Crippen LogP contribution in [-0.2, 0) is 9.59 Å². The van der Waals surface area contributed by atoms with E-state index >= 15 is 0 Å². The number of ether oxygens (including phenoxy) is 2. The molecule has 0 saturated carbocycles. The number of aryl methyl sites for hydroxylation is 1. The van der Waals surface area contributed by atoms with E-state index in [0.29, 0.717) is 18.9 Å². The van der Waals surface area contributed by atoms with Crippen LogP contribution in [0, 0.1) is 13.8 Å². The molecule has 6 heteroatoms. The fourth-order valence-corrected chi connectivity index (χ4v) is 2.32. The highest BCUT2D eigenvalue weighted by Gasteiger charge is 2.11. The Hall–Kier alpha value is -3.02. The molecule has 0 aliphatic carbocycles. The predicted octanol–water partition coefficient (Wildman–Crippen LogP) is 2.84. The SMILES string of the molecule is COc1ccc(OCCNC(=O)CC(=O)Nc2cccc(C)c2C)cc1. The molecule has 0 fully saturated rings. The molecule has 2 aromatic carbocycles. The Bertz CT molecular complexity index is 757. The number of hydrogen-bond donors (Lipinski definition) is 2. The van der Waals surface area contributed by atoms with E-state index in [9.17, 15) is 9.59 Å². The molecule has 0 aliphatic heterocycles. The van der Waals surface area contributed by atoms with Gasteiger partial charge in [0.05, 0.1) is 13.7 Å². The molecule has 2 amide bonds. The van der Waals surface area contributed by atoms with Crippen molar-refractivity contribution in [2.45, 2.75) is 20.3 Å². The Balaban J connectivity index is 1.69. The van der Waals surface area contributed by atoms with E-state index < -0.39 is 0 Å². The molecule has 0 spiro atoms. The van der Waals surface area contributed by atoms with Crippen molar-refractivity contribution in [3.05, 3.63) is 53.6 Å². The van der Waals surface area contributed by atoms with E-state index in [1.54, 1.807) is 31.4 Å². The van der Waals surface area contributed by atoms with Crippen LogP contribution in [0.15, 0.2) is 42.5 Å². The lowest BCUT2D eigenvalue weighted by atomic mass is 10.1. The van der Waals surface area contributed by atoms with E-state index in [-0.39, 0.29) is 18.2 Å². The fourth-order valence-electron chi connectivity index (χ4n) is 2.32. The maximum absolute atomic E-state index is 12.0. The van der Waals surface area contributed by atoms with Gasteiger partial charge in [0.15, 0.2) is 0 Å². The first-order valence-corrected chi connectivity index (χ1v) is 8.39. The number of hydrogen-bond acceptors (Lipinski definition) is 4. The summed E-state index contributed by atoms with van der Waals surface area (Å²) in [6, 6.07) is 12.8. The van der Waals surface area contributed by atoms with Crippen molar-refractivity contribution in [3.8, 4) is 11.5 Å². The second kappa shape index (κ2) is 9.46. The molecule has 0 unspecified atom stereocenters. The van der Waals surface area contributed by atoms with Gasteiger partial charge in [-0.2, -0.15) is 0 Å². The molecule has 0 saturated heterocycles. The topological polar surface area (TPSA) is 76.7 Å². The summed E-state index contributed by atoms with van der Waals surface area (Å²) < 4.78 is 10.6. The van der Waals surface area contributed by atoms with Crippen molar-refractivity contribution in [2.75, 3.05) is 25.6 Å². The van der Waals surface area contributed by atoms with Crippen molar-refractivity contribution < 1.29 is 19.1 Å². The standard InChI is InChI=1S/C20H24N2O4/c1-14-5-4-6-18(15(14)2)22-20(24)13-19(23)21-11-12-26-17-9-7-16(25-3)8-10-17/h4-10H,11-13H2,1-3H3,(H,21,23)(H,22,24). The van der Waals surface area contributed by atoms with Crippen LogP contribution in [0.4, 0.5) is 5.69 Å². The molecule has 0 heterocycles. The highest BCUT2D eigenvalue weighted by molar-refractivity contribution is 6.03. The van der Waals surface area contributed by atoms with Crippen molar-refractivity contribution in [1.82, 2.24) is 5.32 Å². The number of rotatable bonds is 8. The molecule has 0 aromatic heterocycles. The monoisotopic (exact) mass is 356 g/mol. The zero-order valence-electron chi connectivity index (χ0n) is 15.3. The minimum atomic E-state index is -0.342. The van der Waals surface area contributed by atoms with Gasteiger partial charge >= 0.3 is 0 Å². The molecule has 2 aromatic rings. The Morgan fingerprint density at radius 1 is 0.962 bits per heavy atom. The summed E-state index contributed by atoms with van der Waals surface area (Å²) in [5.74, 6) is 0.756. The largest absolute Gasteiger partial charge is 0.497 e. The van der Waals surface area contributed by atoms with E-state index in [4.69, 9.17) is 9.47 Å². The van der Waals surface area contributed by atoms with Crippen LogP contribution < -0.4 is 20.1 Å². The van der Waals surface area contributed by atoms with Gasteiger partial charge in [0, 0.05) is 5.69 Å². The third-order valence-corrected chi connectivity index (χ3v) is 3.95. The highest BCUT2D eigenvalue weighted by atomic mass is 16.5. The minimum Gasteiger partial charge on any atom is -0.497 e. The maximum Gasteiger partial charge on any atom is 0.233 e. The third-order valence-electron chi connectivity index (χ3n) is 3.95. The summed E-state index contributed by atoms with van der Waals surface area (Å²) in [6.45, 7) is 4.54. The molecular weight excluding hydrogens is 332 g/mol. The van der Waals surface area contributed by atoms with Gasteiger partial charge in [-0.25, -0.2) is 0 Å². The van der Waals surface area contributed by atoms with Crippen LogP contribution in [0.1, 0.15) is 17.5 Å². The number of anilines is 1. The number of benzene rings is 2. The first-order chi connectivity index (χ1) is 12.5. The number of carbonyl (C=O) groups excluding carboxylic acids is 2. The number of carbonyl (C=O) groups is 2. The fraction of sp³-hybridized carbons (Fsp3) is 0.300. The van der Waals surface area contributed by atoms with E-state index in [2.05, 4.69) is 10.6 Å². The molecule has 0 aliphatic rings. The van der Waals surface area contributed by atoms with Crippen molar-refractivity contribution >= 4 is 17.5 Å². The molecule has 138 valence electrons. The summed E-state index contributed by atoms with van der Waals surface area (Å²) in [7, 11) is 1.60. The molecular formula is C20H24N2O4. The molecule has 2 N–H and O–H groups in total. The lowest BCUT2D eigenvalue weighted by Gasteiger charge is -2.11. The predicted molar refractivity (Wildman–Crippen MR) is 101 cm³/mol. The highest BCUT2D eigenvalue weighted by Crippen LogP contribution is 2.18. The first-order valence-electron chi connectivity index (χ1n) is 8.39. The van der Waals surface area contributed by atoms with E-state index in [1.807, 2.05) is 32.0 Å². The average molecular weight is 356 g/mol. The van der Waals surface area contributed by atoms with Gasteiger partial charge in [-0.1, -0.05) is 12.1 Å². The normalized spacial score (nSPS) is 10.1. The molecule has 6 nitrogen and oxygen atoms in total. The van der Waals surface area contributed by atoms with Gasteiger partial charge in [-0.05, 0) is 55.3 Å². The lowest BCUT2D eigenvalue weighted by molar-refractivity contribution is -0.126. The second-order valence-corrected chi connectivity index (χ2v) is 5.85. The zero-order chi connectivity index (χ0) is 18.9. The summed E-state index contributed by atoms with van der Waals surface area (Å²) in [5, 5.41) is 5.43. The Morgan fingerprint density at radius 3 is 2.35 bits per heavy atom. The Morgan fingerprint density at radius 2 is 1.65 bits per heavy atom. The van der Waals surface area contributed by atoms with Crippen LogP contribution >= 0.6 is 0 Å². The first kappa shape index (κ1) is 19.3. The summed E-state index contributed by atoms with van der Waals surface area (Å²) in [5.41, 5.74) is 2.81. The summed E-state index contributed by atoms with van der Waals surface area (Å²) in [6.07, 6.45) is -0.226. The average Bonchev–Trinajstić information content (AvgIpc) is 2.63. The lowest BCUT2D eigenvalue weighted by Crippen LogP contribution is -2.31. The van der Waals surface area contributed by atoms with Crippen molar-refractivity contribution in [2.24, 2.45) is 0 Å². The van der Waals surface area contributed by atoms with Gasteiger partial charge in [0.1, 0.15) is 24.5 Å². The van der Waals surface area contributed by atoms with Crippen molar-refractivity contribution in [3.63, 3.8) is 0 Å². The van der Waals surface area contributed by atoms with E-state index in [1.165, 1.54) is 0 Å². The van der Waals surface area contributed by atoms with Crippen molar-refractivity contribution in [1.29, 1.82) is 0 Å². The second-order valence-electron chi connectivity index (χ2n) is 5.85. The molecule has 26 heavy (non-hydrogen) atoms. The Labute approximate surface area is 153 Å². The van der Waals surface area contributed by atoms with Gasteiger partial charge in [0.2, 0.25) is 11.8 Å².